The van der Waals surface area contributed by atoms with Crippen molar-refractivity contribution in [3.63, 3.8) is 0 Å². The first-order valence-electron chi connectivity index (χ1n) is 13.7. The zero-order valence-corrected chi connectivity index (χ0v) is 23.5. The summed E-state index contributed by atoms with van der Waals surface area (Å²) in [6.07, 6.45) is 0. The normalized spacial score (nSPS) is 11.9. The first-order valence-corrected chi connectivity index (χ1v) is 15.4. The number of para-hydroxylation sites is 2. The minimum atomic E-state index is 1.05. The molecule has 0 bridgehead atoms. The molecule has 0 saturated heterocycles. The summed E-state index contributed by atoms with van der Waals surface area (Å²) in [4.78, 5) is 5.28. The quantitative estimate of drug-likeness (QED) is 0.211. The van der Waals surface area contributed by atoms with Crippen LogP contribution in [0.25, 0.3) is 79.6 Å². The molecular formula is C37H22N2S2. The Hall–Kier alpha value is -4.77. The van der Waals surface area contributed by atoms with Gasteiger partial charge >= 0.3 is 0 Å². The molecule has 0 aliphatic heterocycles. The number of nitrogens with zero attached hydrogens (tertiary/aromatic N) is 2. The van der Waals surface area contributed by atoms with Gasteiger partial charge in [0.15, 0.2) is 0 Å². The van der Waals surface area contributed by atoms with E-state index in [9.17, 15) is 0 Å². The molecule has 3 heterocycles. The number of thiazole rings is 1. The van der Waals surface area contributed by atoms with Crippen LogP contribution in [0.2, 0.25) is 0 Å². The molecule has 9 rings (SSSR count). The summed E-state index contributed by atoms with van der Waals surface area (Å²) in [6.45, 7) is 0. The van der Waals surface area contributed by atoms with Crippen molar-refractivity contribution in [2.24, 2.45) is 0 Å². The number of benzene rings is 6. The molecule has 0 spiro atoms. The van der Waals surface area contributed by atoms with Crippen LogP contribution in [0.1, 0.15) is 0 Å². The van der Waals surface area contributed by atoms with Crippen LogP contribution in [0.4, 0.5) is 0 Å². The maximum atomic E-state index is 5.28. The van der Waals surface area contributed by atoms with Crippen molar-refractivity contribution in [3.05, 3.63) is 133 Å². The van der Waals surface area contributed by atoms with Crippen molar-refractivity contribution in [2.45, 2.75) is 0 Å². The highest BCUT2D eigenvalue weighted by atomic mass is 32.1. The Labute approximate surface area is 244 Å². The second-order valence-electron chi connectivity index (χ2n) is 10.4. The fourth-order valence-corrected chi connectivity index (χ4v) is 8.45. The van der Waals surface area contributed by atoms with Gasteiger partial charge in [-0.2, -0.15) is 0 Å². The lowest BCUT2D eigenvalue weighted by Crippen LogP contribution is -1.93. The second-order valence-corrected chi connectivity index (χ2v) is 12.5. The van der Waals surface area contributed by atoms with E-state index in [1.165, 1.54) is 57.8 Å². The third-order valence-electron chi connectivity index (χ3n) is 8.04. The molecule has 3 aromatic heterocycles. The SMILES string of the molecule is c1ccc(-c2cc3sc(-c4ccc(-n5c6ccccc6c6ccccc65)cc4)nc3c3c2sc2ccccc23)cc1. The van der Waals surface area contributed by atoms with Gasteiger partial charge in [0.1, 0.15) is 5.01 Å². The van der Waals surface area contributed by atoms with Gasteiger partial charge in [-0.1, -0.05) is 84.9 Å². The Kier molecular flexibility index (Phi) is 4.97. The molecule has 0 saturated carbocycles. The number of rotatable bonds is 3. The number of hydrogen-bond acceptors (Lipinski definition) is 3. The predicted molar refractivity (Wildman–Crippen MR) is 178 cm³/mol. The molecule has 0 N–H and O–H groups in total. The molecule has 0 aliphatic rings. The van der Waals surface area contributed by atoms with Crippen LogP contribution in [0.3, 0.4) is 0 Å². The molecule has 0 unspecified atom stereocenters. The molecule has 0 amide bonds. The van der Waals surface area contributed by atoms with E-state index in [1.54, 1.807) is 11.3 Å². The molecule has 9 aromatic rings. The van der Waals surface area contributed by atoms with Gasteiger partial charge in [-0.25, -0.2) is 4.98 Å². The Morgan fingerprint density at radius 3 is 1.88 bits per heavy atom. The molecule has 0 fully saturated rings. The Bertz CT molecular complexity index is 2350. The lowest BCUT2D eigenvalue weighted by molar-refractivity contribution is 1.18. The highest BCUT2D eigenvalue weighted by Gasteiger charge is 2.18. The van der Waals surface area contributed by atoms with Gasteiger partial charge in [-0.15, -0.1) is 22.7 Å². The van der Waals surface area contributed by atoms with E-state index < -0.39 is 0 Å². The van der Waals surface area contributed by atoms with Crippen molar-refractivity contribution in [2.75, 3.05) is 0 Å². The molecule has 41 heavy (non-hydrogen) atoms. The summed E-state index contributed by atoms with van der Waals surface area (Å²) >= 11 is 3.65. The van der Waals surface area contributed by atoms with Crippen LogP contribution < -0.4 is 0 Å². The van der Waals surface area contributed by atoms with Crippen molar-refractivity contribution >= 4 is 74.9 Å². The maximum Gasteiger partial charge on any atom is 0.124 e. The highest BCUT2D eigenvalue weighted by molar-refractivity contribution is 7.27. The molecule has 0 aliphatic carbocycles. The van der Waals surface area contributed by atoms with Crippen molar-refractivity contribution in [3.8, 4) is 27.4 Å². The van der Waals surface area contributed by atoms with Gasteiger partial charge < -0.3 is 4.57 Å². The molecular weight excluding hydrogens is 537 g/mol. The summed E-state index contributed by atoms with van der Waals surface area (Å²) in [5, 5.41) is 6.16. The fraction of sp³-hybridized carbons (Fsp3) is 0. The van der Waals surface area contributed by atoms with Crippen LogP contribution in [0, 0.1) is 0 Å². The summed E-state index contributed by atoms with van der Waals surface area (Å²) in [6, 6.07) is 48.0. The summed E-state index contributed by atoms with van der Waals surface area (Å²) < 4.78 is 6.20. The van der Waals surface area contributed by atoms with Crippen LogP contribution in [0.15, 0.2) is 133 Å². The van der Waals surface area contributed by atoms with E-state index in [4.69, 9.17) is 4.98 Å². The van der Waals surface area contributed by atoms with Crippen LogP contribution in [0.5, 0.6) is 0 Å². The molecule has 0 radical (unpaired) electrons. The molecule has 6 aromatic carbocycles. The van der Waals surface area contributed by atoms with E-state index in [2.05, 4.69) is 138 Å². The Balaban J connectivity index is 1.23. The highest BCUT2D eigenvalue weighted by Crippen LogP contribution is 2.46. The lowest BCUT2D eigenvalue weighted by atomic mass is 10.0. The molecule has 4 heteroatoms. The average Bonchev–Trinajstić information content (AvgIpc) is 3.73. The van der Waals surface area contributed by atoms with E-state index >= 15 is 0 Å². The van der Waals surface area contributed by atoms with Gasteiger partial charge in [-0.3, -0.25) is 0 Å². The zero-order chi connectivity index (χ0) is 26.9. The lowest BCUT2D eigenvalue weighted by Gasteiger charge is -2.08. The average molecular weight is 559 g/mol. The van der Waals surface area contributed by atoms with Crippen LogP contribution in [-0.2, 0) is 0 Å². The van der Waals surface area contributed by atoms with E-state index in [-0.39, 0.29) is 0 Å². The predicted octanol–water partition coefficient (Wildman–Crippen LogP) is 11.1. The van der Waals surface area contributed by atoms with Gasteiger partial charge in [0.05, 0.1) is 21.3 Å². The number of hydrogen-bond donors (Lipinski definition) is 0. The fourth-order valence-electron chi connectivity index (χ4n) is 6.19. The van der Waals surface area contributed by atoms with E-state index in [0.29, 0.717) is 0 Å². The van der Waals surface area contributed by atoms with Crippen molar-refractivity contribution in [1.29, 1.82) is 0 Å². The van der Waals surface area contributed by atoms with Crippen LogP contribution >= 0.6 is 22.7 Å². The Morgan fingerprint density at radius 1 is 0.512 bits per heavy atom. The van der Waals surface area contributed by atoms with Gasteiger partial charge in [0, 0.05) is 47.8 Å². The summed E-state index contributed by atoms with van der Waals surface area (Å²) in [5.74, 6) is 0. The minimum absolute atomic E-state index is 1.05. The summed E-state index contributed by atoms with van der Waals surface area (Å²) in [7, 11) is 0. The maximum absolute atomic E-state index is 5.28. The van der Waals surface area contributed by atoms with Crippen molar-refractivity contribution < 1.29 is 0 Å². The largest absolute Gasteiger partial charge is 0.309 e. The van der Waals surface area contributed by atoms with E-state index in [1.807, 2.05) is 11.3 Å². The van der Waals surface area contributed by atoms with Crippen LogP contribution in [-0.4, -0.2) is 9.55 Å². The smallest absolute Gasteiger partial charge is 0.124 e. The monoisotopic (exact) mass is 558 g/mol. The van der Waals surface area contributed by atoms with E-state index in [0.717, 1.165) is 21.8 Å². The third-order valence-corrected chi connectivity index (χ3v) is 10.3. The number of thiophene rings is 1. The van der Waals surface area contributed by atoms with Crippen molar-refractivity contribution in [1.82, 2.24) is 9.55 Å². The first-order chi connectivity index (χ1) is 20.3. The molecule has 192 valence electrons. The first kappa shape index (κ1) is 23.0. The number of aromatic nitrogens is 2. The Morgan fingerprint density at radius 2 is 1.15 bits per heavy atom. The summed E-state index contributed by atoms with van der Waals surface area (Å²) in [5.41, 5.74) is 8.38. The van der Waals surface area contributed by atoms with Gasteiger partial charge in [0.2, 0.25) is 0 Å². The minimum Gasteiger partial charge on any atom is -0.309 e. The standard InChI is InChI=1S/C37H22N2S2/c1-2-10-23(11-3-1)29-22-33-35(34-28-14-6-9-17-32(28)40-36(29)34)38-37(41-33)24-18-20-25(21-19-24)39-30-15-7-4-12-26(30)27-13-5-8-16-31(27)39/h1-22H. The third kappa shape index (κ3) is 3.45. The number of fused-ring (bicyclic) bond motifs is 8. The van der Waals surface area contributed by atoms with Gasteiger partial charge in [0.25, 0.3) is 0 Å². The molecule has 2 nitrogen and oxygen atoms in total. The topological polar surface area (TPSA) is 17.8 Å². The molecule has 0 atom stereocenters. The second kappa shape index (κ2) is 8.87. The van der Waals surface area contributed by atoms with Gasteiger partial charge in [-0.05, 0) is 54.1 Å². The zero-order valence-electron chi connectivity index (χ0n) is 21.9.